The molecule has 1 aliphatic heterocycles. The van der Waals surface area contributed by atoms with Gasteiger partial charge < -0.3 is 10.2 Å². The SMILES string of the molecule is CCCC(=O)NC1CCCN(C(=O)CCn2ncc(=O)c3ccccc32)C1. The van der Waals surface area contributed by atoms with Crippen LogP contribution in [0.1, 0.15) is 39.0 Å². The van der Waals surface area contributed by atoms with Crippen molar-refractivity contribution in [3.63, 3.8) is 0 Å². The van der Waals surface area contributed by atoms with E-state index in [0.717, 1.165) is 31.3 Å². The summed E-state index contributed by atoms with van der Waals surface area (Å²) in [6, 6.07) is 7.32. The van der Waals surface area contributed by atoms with E-state index in [2.05, 4.69) is 10.4 Å². The monoisotopic (exact) mass is 370 g/mol. The molecule has 1 fully saturated rings. The molecule has 1 aromatic carbocycles. The maximum absolute atomic E-state index is 12.6. The van der Waals surface area contributed by atoms with Crippen LogP contribution in [0.15, 0.2) is 35.3 Å². The van der Waals surface area contributed by atoms with Crippen LogP contribution in [0, 0.1) is 0 Å². The minimum atomic E-state index is -0.116. The molecular weight excluding hydrogens is 344 g/mol. The molecule has 0 aliphatic carbocycles. The van der Waals surface area contributed by atoms with E-state index in [-0.39, 0.29) is 23.3 Å². The average molecular weight is 370 g/mol. The fourth-order valence-corrected chi connectivity index (χ4v) is 3.55. The number of aryl methyl sites for hydroxylation is 1. The molecule has 3 rings (SSSR count). The van der Waals surface area contributed by atoms with Crippen LogP contribution in [-0.2, 0) is 16.1 Å². The van der Waals surface area contributed by atoms with Crippen molar-refractivity contribution in [2.75, 3.05) is 13.1 Å². The number of fused-ring (bicyclic) bond motifs is 1. The maximum Gasteiger partial charge on any atom is 0.224 e. The van der Waals surface area contributed by atoms with Gasteiger partial charge in [0.15, 0.2) is 0 Å². The Kier molecular flexibility index (Phi) is 6.21. The van der Waals surface area contributed by atoms with Gasteiger partial charge in [-0.1, -0.05) is 19.1 Å². The lowest BCUT2D eigenvalue weighted by Gasteiger charge is -2.33. The molecule has 144 valence electrons. The predicted molar refractivity (Wildman–Crippen MR) is 103 cm³/mol. The number of para-hydroxylation sites is 1. The zero-order valence-corrected chi connectivity index (χ0v) is 15.7. The first-order valence-electron chi connectivity index (χ1n) is 9.60. The highest BCUT2D eigenvalue weighted by Gasteiger charge is 2.24. The van der Waals surface area contributed by atoms with Gasteiger partial charge in [0.05, 0.1) is 18.3 Å². The molecule has 0 radical (unpaired) electrons. The van der Waals surface area contributed by atoms with Crippen molar-refractivity contribution >= 4 is 22.7 Å². The molecule has 0 saturated carbocycles. The lowest BCUT2D eigenvalue weighted by molar-refractivity contribution is -0.133. The topological polar surface area (TPSA) is 84.3 Å². The summed E-state index contributed by atoms with van der Waals surface area (Å²) in [7, 11) is 0. The number of nitrogens with zero attached hydrogens (tertiary/aromatic N) is 3. The van der Waals surface area contributed by atoms with E-state index in [1.807, 2.05) is 30.0 Å². The number of hydrogen-bond donors (Lipinski definition) is 1. The van der Waals surface area contributed by atoms with Gasteiger partial charge in [0.2, 0.25) is 17.2 Å². The molecule has 0 spiro atoms. The molecule has 2 amide bonds. The zero-order chi connectivity index (χ0) is 19.2. The summed E-state index contributed by atoms with van der Waals surface area (Å²) >= 11 is 0. The number of nitrogens with one attached hydrogen (secondary N) is 1. The standard InChI is InChI=1S/C20H26N4O3/c1-2-6-19(26)22-15-7-5-11-23(14-15)20(27)10-12-24-17-9-4-3-8-16(17)18(25)13-21-24/h3-4,8-9,13,15H,2,5-7,10-12,14H2,1H3,(H,22,26). The highest BCUT2D eigenvalue weighted by Crippen LogP contribution is 2.13. The second-order valence-electron chi connectivity index (χ2n) is 7.00. The fraction of sp³-hybridized carbons (Fsp3) is 0.500. The van der Waals surface area contributed by atoms with Crippen LogP contribution in [0.4, 0.5) is 0 Å². The molecule has 1 N–H and O–H groups in total. The molecule has 7 nitrogen and oxygen atoms in total. The van der Waals surface area contributed by atoms with Crippen LogP contribution < -0.4 is 10.7 Å². The quantitative estimate of drug-likeness (QED) is 0.839. The Morgan fingerprint density at radius 2 is 2.07 bits per heavy atom. The Morgan fingerprint density at radius 3 is 2.89 bits per heavy atom. The summed E-state index contributed by atoms with van der Waals surface area (Å²) in [4.78, 5) is 38.2. The van der Waals surface area contributed by atoms with E-state index in [1.54, 1.807) is 10.7 Å². The highest BCUT2D eigenvalue weighted by molar-refractivity contribution is 5.79. The number of benzene rings is 1. The summed E-state index contributed by atoms with van der Waals surface area (Å²) in [5, 5.41) is 7.81. The molecule has 1 aliphatic rings. The Bertz CT molecular complexity index is 877. The third-order valence-corrected chi connectivity index (χ3v) is 4.92. The van der Waals surface area contributed by atoms with Gasteiger partial charge in [-0.15, -0.1) is 0 Å². The minimum absolute atomic E-state index is 0.0353. The van der Waals surface area contributed by atoms with E-state index in [0.29, 0.717) is 31.3 Å². The van der Waals surface area contributed by atoms with Crippen LogP contribution in [0.5, 0.6) is 0 Å². The number of amides is 2. The van der Waals surface area contributed by atoms with Crippen LogP contribution >= 0.6 is 0 Å². The average Bonchev–Trinajstić information content (AvgIpc) is 2.68. The molecule has 1 unspecified atom stereocenters. The third kappa shape index (κ3) is 4.72. The van der Waals surface area contributed by atoms with E-state index in [1.165, 1.54) is 6.20 Å². The van der Waals surface area contributed by atoms with Gasteiger partial charge in [0, 0.05) is 37.4 Å². The summed E-state index contributed by atoms with van der Waals surface area (Å²) in [5.74, 6) is 0.106. The van der Waals surface area contributed by atoms with E-state index >= 15 is 0 Å². The van der Waals surface area contributed by atoms with Gasteiger partial charge in [0.1, 0.15) is 0 Å². The largest absolute Gasteiger partial charge is 0.352 e. The van der Waals surface area contributed by atoms with Crippen LogP contribution in [0.2, 0.25) is 0 Å². The van der Waals surface area contributed by atoms with Gasteiger partial charge in [-0.05, 0) is 31.4 Å². The van der Waals surface area contributed by atoms with Gasteiger partial charge in [0.25, 0.3) is 0 Å². The van der Waals surface area contributed by atoms with Crippen molar-refractivity contribution in [3.05, 3.63) is 40.7 Å². The number of piperidine rings is 1. The number of rotatable bonds is 6. The number of likely N-dealkylation sites (tertiary alicyclic amines) is 1. The lowest BCUT2D eigenvalue weighted by atomic mass is 10.0. The van der Waals surface area contributed by atoms with Crippen LogP contribution in [-0.4, -0.2) is 45.6 Å². The minimum Gasteiger partial charge on any atom is -0.352 e. The first-order valence-corrected chi connectivity index (χ1v) is 9.60. The van der Waals surface area contributed by atoms with E-state index in [9.17, 15) is 14.4 Å². The zero-order valence-electron chi connectivity index (χ0n) is 15.7. The smallest absolute Gasteiger partial charge is 0.224 e. The summed E-state index contributed by atoms with van der Waals surface area (Å²) < 4.78 is 1.71. The van der Waals surface area contributed by atoms with Crippen LogP contribution in [0.25, 0.3) is 10.9 Å². The second-order valence-corrected chi connectivity index (χ2v) is 7.00. The van der Waals surface area contributed by atoms with Crippen molar-refractivity contribution in [3.8, 4) is 0 Å². The summed E-state index contributed by atoms with van der Waals surface area (Å²) in [6.07, 6.45) is 4.76. The van der Waals surface area contributed by atoms with E-state index < -0.39 is 0 Å². The summed E-state index contributed by atoms with van der Waals surface area (Å²) in [6.45, 7) is 3.68. The van der Waals surface area contributed by atoms with Gasteiger partial charge in [-0.3, -0.25) is 19.1 Å². The van der Waals surface area contributed by atoms with Crippen molar-refractivity contribution < 1.29 is 9.59 Å². The van der Waals surface area contributed by atoms with Gasteiger partial charge >= 0.3 is 0 Å². The van der Waals surface area contributed by atoms with Gasteiger partial charge in [-0.2, -0.15) is 5.10 Å². The Labute approximate surface area is 158 Å². The normalized spacial score (nSPS) is 17.1. The van der Waals surface area contributed by atoms with Crippen molar-refractivity contribution in [1.82, 2.24) is 20.0 Å². The van der Waals surface area contributed by atoms with Crippen LogP contribution in [0.3, 0.4) is 0 Å². The Balaban J connectivity index is 1.60. The second kappa shape index (κ2) is 8.79. The number of aromatic nitrogens is 2. The molecule has 0 bridgehead atoms. The van der Waals surface area contributed by atoms with E-state index in [4.69, 9.17) is 0 Å². The molecule has 1 atom stereocenters. The molecule has 7 heteroatoms. The van der Waals surface area contributed by atoms with Crippen molar-refractivity contribution in [2.45, 2.75) is 51.6 Å². The molecule has 2 aromatic rings. The number of carbonyl (C=O) groups excluding carboxylic acids is 2. The first kappa shape index (κ1) is 19.1. The molecular formula is C20H26N4O3. The molecule has 1 saturated heterocycles. The third-order valence-electron chi connectivity index (χ3n) is 4.92. The molecule has 2 heterocycles. The van der Waals surface area contributed by atoms with Crippen molar-refractivity contribution in [1.29, 1.82) is 0 Å². The summed E-state index contributed by atoms with van der Waals surface area (Å²) in [5.41, 5.74) is 0.621. The first-order chi connectivity index (χ1) is 13.1. The fourth-order valence-electron chi connectivity index (χ4n) is 3.55. The van der Waals surface area contributed by atoms with Gasteiger partial charge in [-0.25, -0.2) is 0 Å². The molecule has 1 aromatic heterocycles. The Hall–Kier alpha value is -2.70. The Morgan fingerprint density at radius 1 is 1.26 bits per heavy atom. The predicted octanol–water partition coefficient (Wildman–Crippen LogP) is 1.69. The van der Waals surface area contributed by atoms with Crippen molar-refractivity contribution in [2.24, 2.45) is 0 Å². The highest BCUT2D eigenvalue weighted by atomic mass is 16.2. The maximum atomic E-state index is 12.6. The number of carbonyl (C=O) groups is 2. The molecule has 27 heavy (non-hydrogen) atoms. The lowest BCUT2D eigenvalue weighted by Crippen LogP contribution is -2.49. The number of hydrogen-bond acceptors (Lipinski definition) is 4.